The van der Waals surface area contributed by atoms with E-state index >= 15 is 0 Å². The van der Waals surface area contributed by atoms with E-state index in [9.17, 15) is 19.8 Å². The zero-order valence-corrected chi connectivity index (χ0v) is 22.1. The van der Waals surface area contributed by atoms with Gasteiger partial charge in [0.15, 0.2) is 0 Å². The fourth-order valence-corrected chi connectivity index (χ4v) is 2.20. The molecule has 160 valence electrons. The third-order valence-electron chi connectivity index (χ3n) is 3.62. The van der Waals surface area contributed by atoms with E-state index in [1.165, 1.54) is 12.8 Å². The Balaban J connectivity index is -0.000000372. The molecule has 0 aliphatic rings. The number of carbonyl (C=O) groups is 2. The van der Waals surface area contributed by atoms with Gasteiger partial charge in [-0.15, -0.1) is 0 Å². The summed E-state index contributed by atoms with van der Waals surface area (Å²) in [5.74, 6) is -1.85. The summed E-state index contributed by atoms with van der Waals surface area (Å²) in [5, 5.41) is 20.1. The van der Waals surface area contributed by atoms with E-state index in [-0.39, 0.29) is 34.0 Å². The number of rotatable bonds is 10. The molecule has 0 amide bonds. The molecule has 0 heterocycles. The third kappa shape index (κ3) is 46.1. The van der Waals surface area contributed by atoms with Crippen LogP contribution in [0.3, 0.4) is 0 Å². The van der Waals surface area contributed by atoms with Gasteiger partial charge in [-0.2, -0.15) is 0 Å². The molecular formula is C22H44O4Sn. The summed E-state index contributed by atoms with van der Waals surface area (Å²) in [6.45, 7) is 13.2. The number of carboxylic acids is 2. The van der Waals surface area contributed by atoms with Gasteiger partial charge in [0.2, 0.25) is 0 Å². The van der Waals surface area contributed by atoms with Gasteiger partial charge in [-0.25, -0.2) is 0 Å². The molecule has 0 rings (SSSR count). The normalized spacial score (nSPS) is 10.7. The Morgan fingerprint density at radius 1 is 0.630 bits per heavy atom. The Hall–Kier alpha value is -0.261. The molecule has 5 heteroatoms. The van der Waals surface area contributed by atoms with Crippen LogP contribution >= 0.6 is 0 Å². The maximum absolute atomic E-state index is 10.0. The van der Waals surface area contributed by atoms with Crippen LogP contribution in [0, 0.1) is 10.8 Å². The molecule has 27 heavy (non-hydrogen) atoms. The van der Waals surface area contributed by atoms with Crippen molar-refractivity contribution in [3.63, 3.8) is 0 Å². The molecule has 0 unspecified atom stereocenters. The molecule has 0 fully saturated rings. The van der Waals surface area contributed by atoms with Crippen LogP contribution in [0.4, 0.5) is 0 Å². The minimum atomic E-state index is -0.925. The van der Waals surface area contributed by atoms with Crippen molar-refractivity contribution in [3.05, 3.63) is 0 Å². The van der Waals surface area contributed by atoms with Crippen molar-refractivity contribution in [1.29, 1.82) is 0 Å². The van der Waals surface area contributed by atoms with E-state index in [1.54, 1.807) is 0 Å². The molecule has 0 atom stereocenters. The number of hydrogen-bond donors (Lipinski definition) is 0. The molecule has 0 spiro atoms. The summed E-state index contributed by atoms with van der Waals surface area (Å²) in [6, 6.07) is 0. The van der Waals surface area contributed by atoms with Crippen LogP contribution in [0.1, 0.15) is 106 Å². The monoisotopic (exact) mass is 492 g/mol. The van der Waals surface area contributed by atoms with Gasteiger partial charge in [0.05, 0.1) is 0 Å². The first kappa shape index (κ1) is 31.4. The Morgan fingerprint density at radius 2 is 0.889 bits per heavy atom. The molecule has 0 N–H and O–H groups in total. The average Bonchev–Trinajstić information content (AvgIpc) is 2.45. The first-order valence-corrected chi connectivity index (χ1v) is 15.9. The standard InChI is InChI=1S/2C10H20O2.2CH3.Sn/c2*1-10(2,3)8-6-4-5-7-9(11)12;;;/h2*4-8H2,1-3H3,(H,11,12);2*1H3;/q;;;;+2/p-2. The van der Waals surface area contributed by atoms with Gasteiger partial charge in [-0.1, -0.05) is 67.2 Å². The Kier molecular flexibility index (Phi) is 22.2. The van der Waals surface area contributed by atoms with Crippen molar-refractivity contribution < 1.29 is 19.8 Å². The van der Waals surface area contributed by atoms with Crippen LogP contribution in [0.2, 0.25) is 9.88 Å². The SMILES string of the molecule is CC(C)(C)CCCCCC(=O)[O-].CC(C)(C)CCCCCC(=O)[O-].[CH3][Sn+2][CH3]. The van der Waals surface area contributed by atoms with E-state index in [2.05, 4.69) is 51.4 Å². The number of hydrogen-bond acceptors (Lipinski definition) is 4. The summed E-state index contributed by atoms with van der Waals surface area (Å²) in [5.41, 5.74) is 0.753. The van der Waals surface area contributed by atoms with E-state index in [1.807, 2.05) is 0 Å². The molecule has 0 aliphatic carbocycles. The molecule has 4 nitrogen and oxygen atoms in total. The molecular weight excluding hydrogens is 447 g/mol. The molecule has 0 aliphatic heterocycles. The summed E-state index contributed by atoms with van der Waals surface area (Å²) < 4.78 is 0. The Morgan fingerprint density at radius 3 is 1.07 bits per heavy atom. The van der Waals surface area contributed by atoms with Crippen LogP contribution in [-0.4, -0.2) is 33.1 Å². The summed E-state index contributed by atoms with van der Waals surface area (Å²) in [4.78, 5) is 24.7. The quantitative estimate of drug-likeness (QED) is 0.338. The minimum absolute atomic E-state index is 0.212. The molecule has 0 aromatic carbocycles. The second-order valence-corrected chi connectivity index (χ2v) is 12.3. The van der Waals surface area contributed by atoms with Crippen LogP contribution in [0.15, 0.2) is 0 Å². The average molecular weight is 491 g/mol. The topological polar surface area (TPSA) is 80.3 Å². The number of carbonyl (C=O) groups excluding carboxylic acids is 2. The van der Waals surface area contributed by atoms with Crippen molar-refractivity contribution >= 4 is 33.1 Å². The third-order valence-corrected chi connectivity index (χ3v) is 3.62. The van der Waals surface area contributed by atoms with Gasteiger partial charge in [-0.05, 0) is 49.4 Å². The molecule has 0 bridgehead atoms. The van der Waals surface area contributed by atoms with Crippen LogP contribution < -0.4 is 10.2 Å². The number of carboxylic acid groups (broad SMARTS) is 2. The molecule has 0 radical (unpaired) electrons. The second-order valence-electron chi connectivity index (χ2n) is 9.49. The summed E-state index contributed by atoms with van der Waals surface area (Å²) >= 11 is 0.230. The van der Waals surface area contributed by atoms with E-state index < -0.39 is 11.9 Å². The fraction of sp³-hybridized carbons (Fsp3) is 0.909. The van der Waals surface area contributed by atoms with Gasteiger partial charge in [0.1, 0.15) is 0 Å². The van der Waals surface area contributed by atoms with Gasteiger partial charge in [0.25, 0.3) is 0 Å². The predicted molar refractivity (Wildman–Crippen MR) is 113 cm³/mol. The van der Waals surface area contributed by atoms with Crippen LogP contribution in [0.5, 0.6) is 0 Å². The van der Waals surface area contributed by atoms with Crippen molar-refractivity contribution in [2.45, 2.75) is 116 Å². The first-order valence-electron chi connectivity index (χ1n) is 10.2. The summed E-state index contributed by atoms with van der Waals surface area (Å²) in [7, 11) is 0. The predicted octanol–water partition coefficient (Wildman–Crippen LogP) is 4.25. The van der Waals surface area contributed by atoms with Crippen molar-refractivity contribution in [1.82, 2.24) is 0 Å². The first-order chi connectivity index (χ1) is 12.2. The molecule has 0 aromatic rings. The van der Waals surface area contributed by atoms with Crippen molar-refractivity contribution in [3.8, 4) is 0 Å². The summed E-state index contributed by atoms with van der Waals surface area (Å²) in [6.07, 6.45) is 8.54. The van der Waals surface area contributed by atoms with E-state index in [4.69, 9.17) is 0 Å². The Bertz CT molecular complexity index is 320. The van der Waals surface area contributed by atoms with Crippen molar-refractivity contribution in [2.75, 3.05) is 0 Å². The maximum atomic E-state index is 10.0. The van der Waals surface area contributed by atoms with Gasteiger partial charge in [-0.3, -0.25) is 0 Å². The molecule has 0 saturated heterocycles. The van der Waals surface area contributed by atoms with E-state index in [0.29, 0.717) is 10.8 Å². The van der Waals surface area contributed by atoms with Gasteiger partial charge < -0.3 is 19.8 Å². The zero-order valence-electron chi connectivity index (χ0n) is 19.2. The Labute approximate surface area is 179 Å². The number of aliphatic carboxylic acids is 2. The molecule has 0 aromatic heterocycles. The fourth-order valence-electron chi connectivity index (χ4n) is 2.20. The van der Waals surface area contributed by atoms with Crippen molar-refractivity contribution in [2.24, 2.45) is 10.8 Å². The van der Waals surface area contributed by atoms with Crippen LogP contribution in [-0.2, 0) is 9.59 Å². The number of unbranched alkanes of at least 4 members (excludes halogenated alkanes) is 4. The van der Waals surface area contributed by atoms with Crippen LogP contribution in [0.25, 0.3) is 0 Å². The zero-order chi connectivity index (χ0) is 21.9. The van der Waals surface area contributed by atoms with Gasteiger partial charge in [0, 0.05) is 11.9 Å². The van der Waals surface area contributed by atoms with Gasteiger partial charge >= 0.3 is 31.0 Å². The van der Waals surface area contributed by atoms with E-state index in [0.717, 1.165) is 38.5 Å². The second kappa shape index (κ2) is 19.1. The molecule has 0 saturated carbocycles.